The van der Waals surface area contributed by atoms with Crippen LogP contribution in [0.4, 0.5) is 0 Å². The second kappa shape index (κ2) is 6.09. The Morgan fingerprint density at radius 2 is 1.61 bits per heavy atom. The van der Waals surface area contributed by atoms with Crippen LogP contribution in [0.15, 0.2) is 0 Å². The fraction of sp³-hybridized carbons (Fsp3) is 0.857. The lowest BCUT2D eigenvalue weighted by atomic mass is 10.00. The molecule has 2 rings (SSSR count). The summed E-state index contributed by atoms with van der Waals surface area (Å²) in [6.07, 6.45) is 6.11. The van der Waals surface area contributed by atoms with Crippen LogP contribution in [0.1, 0.15) is 45.4 Å². The summed E-state index contributed by atoms with van der Waals surface area (Å²) in [5.74, 6) is 1.66. The van der Waals surface area contributed by atoms with Gasteiger partial charge < -0.3 is 0 Å². The number of carbonyl (C=O) groups is 2. The Hall–Kier alpha value is -0.510. The minimum absolute atomic E-state index is 0.00458. The molecule has 1 heterocycles. The third-order valence-electron chi connectivity index (χ3n) is 4.25. The van der Waals surface area contributed by atoms with Crippen LogP contribution >= 0.6 is 12.6 Å². The lowest BCUT2D eigenvalue weighted by Crippen LogP contribution is -2.33. The van der Waals surface area contributed by atoms with Crippen LogP contribution in [0.5, 0.6) is 0 Å². The molecule has 4 heteroatoms. The summed E-state index contributed by atoms with van der Waals surface area (Å²) in [5, 5.41) is 0. The molecule has 0 aromatic heterocycles. The van der Waals surface area contributed by atoms with Crippen molar-refractivity contribution in [3.8, 4) is 0 Å². The fourth-order valence-electron chi connectivity index (χ4n) is 3.30. The van der Waals surface area contributed by atoms with E-state index < -0.39 is 0 Å². The van der Waals surface area contributed by atoms with E-state index in [0.29, 0.717) is 12.5 Å². The van der Waals surface area contributed by atoms with Gasteiger partial charge in [-0.15, -0.1) is 0 Å². The Labute approximate surface area is 115 Å². The molecule has 0 aromatic carbocycles. The summed E-state index contributed by atoms with van der Waals surface area (Å²) in [5.41, 5.74) is 0. The van der Waals surface area contributed by atoms with Gasteiger partial charge in [0.2, 0.25) is 11.8 Å². The van der Waals surface area contributed by atoms with Crippen LogP contribution in [0, 0.1) is 17.8 Å². The van der Waals surface area contributed by atoms with Crippen LogP contribution in [0.3, 0.4) is 0 Å². The molecule has 3 nitrogen and oxygen atoms in total. The standard InChI is InChI=1S/C14H23NO2S/c1-10-8-11-12(9-10)14(17)15(13(11)16)6-4-2-3-5-7-18/h10-12,18H,2-9H2,1H3. The van der Waals surface area contributed by atoms with Crippen molar-refractivity contribution in [2.24, 2.45) is 17.8 Å². The van der Waals surface area contributed by atoms with Crippen LogP contribution in [-0.4, -0.2) is 29.0 Å². The average molecular weight is 269 g/mol. The van der Waals surface area contributed by atoms with Gasteiger partial charge in [-0.3, -0.25) is 14.5 Å². The molecule has 2 unspecified atom stereocenters. The summed E-state index contributed by atoms with van der Waals surface area (Å²) < 4.78 is 0. The number of unbranched alkanes of at least 4 members (excludes halogenated alkanes) is 3. The first-order chi connectivity index (χ1) is 8.65. The van der Waals surface area contributed by atoms with Crippen LogP contribution in [0.2, 0.25) is 0 Å². The highest BCUT2D eigenvalue weighted by Gasteiger charge is 2.51. The highest BCUT2D eigenvalue weighted by Crippen LogP contribution is 2.42. The Balaban J connectivity index is 1.80. The fourth-order valence-corrected chi connectivity index (χ4v) is 3.53. The van der Waals surface area contributed by atoms with E-state index in [9.17, 15) is 9.59 Å². The Bertz CT molecular complexity index is 308. The number of carbonyl (C=O) groups excluding carboxylic acids is 2. The van der Waals surface area contributed by atoms with Crippen molar-refractivity contribution in [1.29, 1.82) is 0 Å². The quantitative estimate of drug-likeness (QED) is 0.457. The molecule has 2 aliphatic rings. The minimum Gasteiger partial charge on any atom is -0.282 e. The van der Waals surface area contributed by atoms with Gasteiger partial charge in [0, 0.05) is 6.54 Å². The molecule has 0 radical (unpaired) electrons. The van der Waals surface area contributed by atoms with Gasteiger partial charge in [-0.05, 0) is 37.4 Å². The molecule has 0 bridgehead atoms. The van der Waals surface area contributed by atoms with Gasteiger partial charge in [-0.2, -0.15) is 12.6 Å². The van der Waals surface area contributed by atoms with Crippen molar-refractivity contribution in [3.05, 3.63) is 0 Å². The summed E-state index contributed by atoms with van der Waals surface area (Å²) >= 11 is 4.17. The Morgan fingerprint density at radius 1 is 1.06 bits per heavy atom. The predicted molar refractivity (Wildman–Crippen MR) is 74.4 cm³/mol. The Morgan fingerprint density at radius 3 is 2.17 bits per heavy atom. The monoisotopic (exact) mass is 269 g/mol. The predicted octanol–water partition coefficient (Wildman–Crippen LogP) is 2.51. The first-order valence-electron chi connectivity index (χ1n) is 7.11. The lowest BCUT2D eigenvalue weighted by Gasteiger charge is -2.16. The molecule has 1 saturated heterocycles. The molecule has 0 N–H and O–H groups in total. The van der Waals surface area contributed by atoms with Gasteiger partial charge in [0.25, 0.3) is 0 Å². The molecule has 0 spiro atoms. The molecule has 2 fully saturated rings. The van der Waals surface area contributed by atoms with Gasteiger partial charge in [0.15, 0.2) is 0 Å². The molecule has 2 amide bonds. The van der Waals surface area contributed by atoms with Crippen LogP contribution in [0.25, 0.3) is 0 Å². The van der Waals surface area contributed by atoms with Gasteiger partial charge in [-0.25, -0.2) is 0 Å². The third-order valence-corrected chi connectivity index (χ3v) is 4.57. The molecule has 0 aromatic rings. The zero-order valence-corrected chi connectivity index (χ0v) is 12.0. The second-order valence-corrected chi connectivity index (χ2v) is 6.20. The molecular formula is C14H23NO2S. The summed E-state index contributed by atoms with van der Waals surface area (Å²) in [6, 6.07) is 0. The van der Waals surface area contributed by atoms with E-state index in [0.717, 1.165) is 44.3 Å². The van der Waals surface area contributed by atoms with Gasteiger partial charge >= 0.3 is 0 Å². The maximum absolute atomic E-state index is 12.2. The minimum atomic E-state index is 0.00458. The van der Waals surface area contributed by atoms with Crippen molar-refractivity contribution < 1.29 is 9.59 Å². The van der Waals surface area contributed by atoms with Crippen molar-refractivity contribution in [2.45, 2.75) is 45.4 Å². The number of likely N-dealkylation sites (tertiary alicyclic amines) is 1. The van der Waals surface area contributed by atoms with Gasteiger partial charge in [-0.1, -0.05) is 19.8 Å². The molecule has 1 saturated carbocycles. The second-order valence-electron chi connectivity index (χ2n) is 5.76. The number of thiol groups is 1. The molecule has 18 heavy (non-hydrogen) atoms. The molecule has 102 valence electrons. The first kappa shape index (κ1) is 13.9. The SMILES string of the molecule is CC1CC2C(=O)N(CCCCCCS)C(=O)C2C1. The van der Waals surface area contributed by atoms with Gasteiger partial charge in [0.1, 0.15) is 0 Å². The summed E-state index contributed by atoms with van der Waals surface area (Å²) in [7, 11) is 0. The zero-order chi connectivity index (χ0) is 13.1. The number of hydrogen-bond donors (Lipinski definition) is 1. The zero-order valence-electron chi connectivity index (χ0n) is 11.1. The van der Waals surface area contributed by atoms with E-state index in [1.54, 1.807) is 0 Å². The normalized spacial score (nSPS) is 31.2. The maximum Gasteiger partial charge on any atom is 0.233 e. The van der Waals surface area contributed by atoms with Crippen molar-refractivity contribution >= 4 is 24.4 Å². The number of nitrogens with zero attached hydrogens (tertiary/aromatic N) is 1. The van der Waals surface area contributed by atoms with E-state index in [-0.39, 0.29) is 23.7 Å². The summed E-state index contributed by atoms with van der Waals surface area (Å²) in [6.45, 7) is 2.77. The van der Waals surface area contributed by atoms with Crippen LogP contribution in [-0.2, 0) is 9.59 Å². The van der Waals surface area contributed by atoms with E-state index in [4.69, 9.17) is 0 Å². The van der Waals surface area contributed by atoms with Crippen molar-refractivity contribution in [3.63, 3.8) is 0 Å². The van der Waals surface area contributed by atoms with Crippen molar-refractivity contribution in [1.82, 2.24) is 4.90 Å². The smallest absolute Gasteiger partial charge is 0.233 e. The molecule has 1 aliphatic heterocycles. The topological polar surface area (TPSA) is 37.4 Å². The number of amides is 2. The molecule has 1 aliphatic carbocycles. The maximum atomic E-state index is 12.2. The molecule has 2 atom stereocenters. The Kier molecular flexibility index (Phi) is 4.71. The largest absolute Gasteiger partial charge is 0.282 e. The highest BCUT2D eigenvalue weighted by atomic mass is 32.1. The highest BCUT2D eigenvalue weighted by molar-refractivity contribution is 7.80. The van der Waals surface area contributed by atoms with E-state index in [2.05, 4.69) is 19.6 Å². The summed E-state index contributed by atoms with van der Waals surface area (Å²) in [4.78, 5) is 25.8. The van der Waals surface area contributed by atoms with E-state index >= 15 is 0 Å². The third kappa shape index (κ3) is 2.73. The first-order valence-corrected chi connectivity index (χ1v) is 7.74. The number of hydrogen-bond acceptors (Lipinski definition) is 3. The number of rotatable bonds is 6. The average Bonchev–Trinajstić information content (AvgIpc) is 2.82. The molecular weight excluding hydrogens is 246 g/mol. The lowest BCUT2D eigenvalue weighted by molar-refractivity contribution is -0.140. The van der Waals surface area contributed by atoms with Crippen molar-refractivity contribution in [2.75, 3.05) is 12.3 Å². The number of imide groups is 1. The van der Waals surface area contributed by atoms with E-state index in [1.807, 2.05) is 0 Å². The number of fused-ring (bicyclic) bond motifs is 1. The van der Waals surface area contributed by atoms with Crippen LogP contribution < -0.4 is 0 Å². The van der Waals surface area contributed by atoms with Gasteiger partial charge in [0.05, 0.1) is 11.8 Å². The van der Waals surface area contributed by atoms with E-state index in [1.165, 1.54) is 4.90 Å².